The summed E-state index contributed by atoms with van der Waals surface area (Å²) in [6.45, 7) is 0.876. The third kappa shape index (κ3) is 5.68. The lowest BCUT2D eigenvalue weighted by molar-refractivity contribution is -0.385. The minimum atomic E-state index is -4.47. The molecular weight excluding hydrogens is 498 g/mol. The van der Waals surface area contributed by atoms with Gasteiger partial charge in [0.25, 0.3) is 15.7 Å². The van der Waals surface area contributed by atoms with Crippen LogP contribution in [-0.2, 0) is 14.8 Å². The van der Waals surface area contributed by atoms with E-state index in [1.54, 1.807) is 0 Å². The molecule has 0 radical (unpaired) electrons. The zero-order valence-electron chi connectivity index (χ0n) is 19.7. The number of aliphatic hydroxyl groups excluding tert-OH is 1. The number of aliphatic hydroxyl groups is 1. The van der Waals surface area contributed by atoms with Gasteiger partial charge < -0.3 is 14.7 Å². The Morgan fingerprint density at radius 3 is 2.54 bits per heavy atom. The number of aryl methyl sites for hydroxylation is 1. The van der Waals surface area contributed by atoms with Crippen molar-refractivity contribution in [2.45, 2.75) is 49.6 Å². The summed E-state index contributed by atoms with van der Waals surface area (Å²) in [5.74, 6) is -0.407. The molecule has 2 aromatic rings. The van der Waals surface area contributed by atoms with E-state index in [1.165, 1.54) is 56.3 Å². The van der Waals surface area contributed by atoms with Gasteiger partial charge in [-0.2, -0.15) is 0 Å². The van der Waals surface area contributed by atoms with Crippen LogP contribution in [0.5, 0.6) is 5.75 Å². The number of nitro groups is 1. The highest BCUT2D eigenvalue weighted by Crippen LogP contribution is 2.36. The van der Waals surface area contributed by atoms with Crippen LogP contribution in [0.4, 0.5) is 11.4 Å². The van der Waals surface area contributed by atoms with E-state index < -0.39 is 39.5 Å². The van der Waals surface area contributed by atoms with Crippen molar-refractivity contribution in [2.75, 3.05) is 25.0 Å². The highest BCUT2D eigenvalue weighted by Gasteiger charge is 2.35. The van der Waals surface area contributed by atoms with Crippen LogP contribution in [-0.4, -0.2) is 62.1 Å². The van der Waals surface area contributed by atoms with E-state index in [1.807, 2.05) is 0 Å². The smallest absolute Gasteiger partial charge is 0.273 e. The zero-order chi connectivity index (χ0) is 25.9. The summed E-state index contributed by atoms with van der Waals surface area (Å²) in [5.41, 5.74) is -0.0602. The molecule has 1 fully saturated rings. The number of rotatable bonds is 8. The number of ether oxygens (including phenoxy) is 1. The van der Waals surface area contributed by atoms with E-state index in [-0.39, 0.29) is 27.0 Å². The number of nitrogens with zero attached hydrogens (tertiary/aromatic N) is 3. The first kappa shape index (κ1) is 26.7. The second kappa shape index (κ2) is 10.8. The first-order valence-corrected chi connectivity index (χ1v) is 12.8. The van der Waals surface area contributed by atoms with Gasteiger partial charge in [-0.05, 0) is 44.0 Å². The molecule has 0 bridgehead atoms. The second-order valence-electron chi connectivity index (χ2n) is 8.46. The fourth-order valence-electron chi connectivity index (χ4n) is 4.19. The van der Waals surface area contributed by atoms with Gasteiger partial charge in [0.05, 0.1) is 34.8 Å². The Hall–Kier alpha value is -2.89. The molecule has 2 unspecified atom stereocenters. The number of hydrogen-bond donors (Lipinski definition) is 1. The van der Waals surface area contributed by atoms with Gasteiger partial charge in [-0.15, -0.1) is 0 Å². The molecule has 0 saturated heterocycles. The van der Waals surface area contributed by atoms with E-state index in [2.05, 4.69) is 0 Å². The van der Waals surface area contributed by atoms with Crippen LogP contribution in [0.1, 0.15) is 31.2 Å². The molecule has 1 aliphatic rings. The lowest BCUT2D eigenvalue weighted by atomic mass is 9.91. The molecule has 0 aliphatic heterocycles. The Labute approximate surface area is 209 Å². The maximum Gasteiger partial charge on any atom is 0.273 e. The van der Waals surface area contributed by atoms with E-state index in [0.29, 0.717) is 18.4 Å². The first-order valence-electron chi connectivity index (χ1n) is 11.0. The van der Waals surface area contributed by atoms with Gasteiger partial charge >= 0.3 is 0 Å². The lowest BCUT2D eigenvalue weighted by Crippen LogP contribution is -2.50. The van der Waals surface area contributed by atoms with Crippen molar-refractivity contribution in [1.29, 1.82) is 0 Å². The van der Waals surface area contributed by atoms with Gasteiger partial charge in [0.2, 0.25) is 5.91 Å². The van der Waals surface area contributed by atoms with Crippen molar-refractivity contribution < 1.29 is 28.0 Å². The summed E-state index contributed by atoms with van der Waals surface area (Å²) in [6, 6.07) is 7.44. The molecule has 1 amide bonds. The van der Waals surface area contributed by atoms with Gasteiger partial charge in [-0.1, -0.05) is 30.5 Å². The van der Waals surface area contributed by atoms with Gasteiger partial charge in [0.1, 0.15) is 12.3 Å². The summed E-state index contributed by atoms with van der Waals surface area (Å²) in [4.78, 5) is 25.1. The Morgan fingerprint density at radius 2 is 1.91 bits per heavy atom. The highest BCUT2D eigenvalue weighted by atomic mass is 35.5. The molecule has 3 rings (SSSR count). The molecule has 0 aromatic heterocycles. The molecule has 1 N–H and O–H groups in total. The number of carbonyl (C=O) groups excluding carboxylic acids is 1. The number of halogens is 1. The quantitative estimate of drug-likeness (QED) is 0.412. The van der Waals surface area contributed by atoms with Crippen molar-refractivity contribution in [3.63, 3.8) is 0 Å². The molecule has 0 heterocycles. The van der Waals surface area contributed by atoms with E-state index in [9.17, 15) is 28.4 Å². The summed E-state index contributed by atoms with van der Waals surface area (Å²) in [6.07, 6.45) is 2.14. The van der Waals surface area contributed by atoms with Crippen LogP contribution < -0.4 is 9.04 Å². The maximum absolute atomic E-state index is 13.8. The van der Waals surface area contributed by atoms with Crippen LogP contribution in [0.15, 0.2) is 41.3 Å². The number of sulfonamides is 1. The van der Waals surface area contributed by atoms with Crippen LogP contribution >= 0.6 is 11.6 Å². The van der Waals surface area contributed by atoms with Crippen molar-refractivity contribution in [3.8, 4) is 5.75 Å². The minimum Gasteiger partial charge on any atom is -0.495 e. The average Bonchev–Trinajstić information content (AvgIpc) is 2.82. The van der Waals surface area contributed by atoms with E-state index >= 15 is 0 Å². The lowest BCUT2D eigenvalue weighted by Gasteiger charge is -2.36. The molecular formula is C23H28ClN3O7S. The maximum atomic E-state index is 13.8. The molecule has 2 atom stereocenters. The van der Waals surface area contributed by atoms with Crippen LogP contribution in [0, 0.1) is 17.0 Å². The summed E-state index contributed by atoms with van der Waals surface area (Å²) in [7, 11) is -1.59. The molecule has 12 heteroatoms. The molecule has 2 aromatic carbocycles. The number of methoxy groups -OCH3 is 1. The zero-order valence-corrected chi connectivity index (χ0v) is 21.3. The summed E-state index contributed by atoms with van der Waals surface area (Å²) < 4.78 is 33.7. The Bertz CT molecular complexity index is 1220. The van der Waals surface area contributed by atoms with Crippen molar-refractivity contribution in [2.24, 2.45) is 0 Å². The van der Waals surface area contributed by atoms with Gasteiger partial charge in [0.15, 0.2) is 0 Å². The minimum absolute atomic E-state index is 0.00849. The standard InChI is InChI=1S/C23H28ClN3O7S/c1-15-8-10-17(13-19(15)27(30)31)35(32,33)26(20-12-16(24)9-11-22(20)34-3)14-23(29)25(2)18-6-4-5-7-21(18)28/h8-13,18,21,28H,4-7,14H2,1-3H3. The van der Waals surface area contributed by atoms with Gasteiger partial charge in [-0.3, -0.25) is 19.2 Å². The largest absolute Gasteiger partial charge is 0.495 e. The Balaban J connectivity index is 2.09. The number of nitro benzene ring substituents is 1. The number of hydrogen-bond acceptors (Lipinski definition) is 7. The molecule has 190 valence electrons. The molecule has 10 nitrogen and oxygen atoms in total. The molecule has 35 heavy (non-hydrogen) atoms. The van der Waals surface area contributed by atoms with Crippen LogP contribution in [0.3, 0.4) is 0 Å². The van der Waals surface area contributed by atoms with Gasteiger partial charge in [-0.25, -0.2) is 8.42 Å². The van der Waals surface area contributed by atoms with Crippen LogP contribution in [0.2, 0.25) is 5.02 Å². The number of benzene rings is 2. The average molecular weight is 526 g/mol. The number of carbonyl (C=O) groups is 1. The third-order valence-corrected chi connectivity index (χ3v) is 8.23. The second-order valence-corrected chi connectivity index (χ2v) is 10.8. The molecule has 1 aliphatic carbocycles. The SMILES string of the molecule is COc1ccc(Cl)cc1N(CC(=O)N(C)C1CCCCC1O)S(=O)(=O)c1ccc(C)c([N+](=O)[O-])c1. The van der Waals surface area contributed by atoms with Crippen molar-refractivity contribution >= 4 is 38.9 Å². The predicted octanol–water partition coefficient (Wildman–Crippen LogP) is 3.52. The first-order chi connectivity index (χ1) is 16.5. The predicted molar refractivity (Wildman–Crippen MR) is 131 cm³/mol. The number of likely N-dealkylation sites (N-methyl/N-ethyl adjacent to an activating group) is 1. The fraction of sp³-hybridized carbons (Fsp3) is 0.435. The summed E-state index contributed by atoms with van der Waals surface area (Å²) >= 11 is 6.15. The summed E-state index contributed by atoms with van der Waals surface area (Å²) in [5, 5.41) is 22.0. The van der Waals surface area contributed by atoms with Crippen LogP contribution in [0.25, 0.3) is 0 Å². The van der Waals surface area contributed by atoms with Crippen molar-refractivity contribution in [3.05, 3.63) is 57.1 Å². The van der Waals surface area contributed by atoms with Gasteiger partial charge in [0, 0.05) is 23.7 Å². The number of amides is 1. The Kier molecular flexibility index (Phi) is 8.24. The monoisotopic (exact) mass is 525 g/mol. The topological polar surface area (TPSA) is 130 Å². The molecule has 1 saturated carbocycles. The normalized spacial score (nSPS) is 18.1. The highest BCUT2D eigenvalue weighted by molar-refractivity contribution is 7.92. The van der Waals surface area contributed by atoms with Crippen molar-refractivity contribution in [1.82, 2.24) is 4.90 Å². The number of anilines is 1. The van der Waals surface area contributed by atoms with E-state index in [4.69, 9.17) is 16.3 Å². The molecule has 0 spiro atoms. The van der Waals surface area contributed by atoms with E-state index in [0.717, 1.165) is 23.2 Å². The Morgan fingerprint density at radius 1 is 1.23 bits per heavy atom. The fourth-order valence-corrected chi connectivity index (χ4v) is 5.80. The third-order valence-electron chi connectivity index (χ3n) is 6.24.